The Kier molecular flexibility index (Phi) is 7.59. The summed E-state index contributed by atoms with van der Waals surface area (Å²) in [5.41, 5.74) is 1.40. The summed E-state index contributed by atoms with van der Waals surface area (Å²) in [4.78, 5) is 13.6. The van der Waals surface area contributed by atoms with Crippen molar-refractivity contribution in [1.82, 2.24) is 15.1 Å². The highest BCUT2D eigenvalue weighted by Gasteiger charge is 2.24. The van der Waals surface area contributed by atoms with Gasteiger partial charge in [-0.25, -0.2) is 5.10 Å². The SMILES string of the molecule is CC.CC1(OCCCN2CCCC2)C=CC(c2ccc(=O)[nH]n2)=CC1. The maximum Gasteiger partial charge on any atom is 0.264 e. The first kappa shape index (κ1) is 19.6. The van der Waals surface area contributed by atoms with Crippen LogP contribution in [0.2, 0.25) is 0 Å². The van der Waals surface area contributed by atoms with Gasteiger partial charge in [-0.05, 0) is 57.3 Å². The smallest absolute Gasteiger partial charge is 0.264 e. The third-order valence-electron chi connectivity index (χ3n) is 4.57. The lowest BCUT2D eigenvalue weighted by molar-refractivity contribution is 0.00336. The van der Waals surface area contributed by atoms with E-state index in [0.717, 1.165) is 37.3 Å². The summed E-state index contributed by atoms with van der Waals surface area (Å²) in [6.07, 6.45) is 10.9. The van der Waals surface area contributed by atoms with Gasteiger partial charge >= 0.3 is 0 Å². The first-order valence-electron chi connectivity index (χ1n) is 9.46. The van der Waals surface area contributed by atoms with Gasteiger partial charge in [0.05, 0.1) is 11.3 Å². The molecule has 1 aliphatic heterocycles. The number of aromatic nitrogens is 2. The summed E-state index contributed by atoms with van der Waals surface area (Å²) >= 11 is 0. The van der Waals surface area contributed by atoms with Crippen LogP contribution >= 0.6 is 0 Å². The van der Waals surface area contributed by atoms with Crippen LogP contribution < -0.4 is 5.56 Å². The summed E-state index contributed by atoms with van der Waals surface area (Å²) in [6.45, 7) is 10.5. The predicted octanol–water partition coefficient (Wildman–Crippen LogP) is 3.40. The third-order valence-corrected chi connectivity index (χ3v) is 4.57. The molecule has 0 radical (unpaired) electrons. The van der Waals surface area contributed by atoms with Crippen molar-refractivity contribution in [1.29, 1.82) is 0 Å². The second-order valence-corrected chi connectivity index (χ2v) is 6.57. The lowest BCUT2D eigenvalue weighted by Gasteiger charge is -2.28. The third kappa shape index (κ3) is 5.94. The first-order valence-corrected chi connectivity index (χ1v) is 9.46. The van der Waals surface area contributed by atoms with Crippen LogP contribution in [0, 0.1) is 0 Å². The molecule has 1 aliphatic carbocycles. The van der Waals surface area contributed by atoms with E-state index in [-0.39, 0.29) is 11.2 Å². The number of nitrogens with one attached hydrogen (secondary N) is 1. The Hall–Kier alpha value is -1.72. The molecule has 1 aromatic heterocycles. The molecule has 25 heavy (non-hydrogen) atoms. The van der Waals surface area contributed by atoms with Crippen molar-refractivity contribution in [2.24, 2.45) is 0 Å². The summed E-state index contributed by atoms with van der Waals surface area (Å²) in [6, 6.07) is 3.24. The van der Waals surface area contributed by atoms with Crippen LogP contribution in [-0.4, -0.2) is 46.9 Å². The van der Waals surface area contributed by atoms with Crippen LogP contribution in [0.3, 0.4) is 0 Å². The van der Waals surface area contributed by atoms with Gasteiger partial charge in [-0.15, -0.1) is 0 Å². The molecule has 138 valence electrons. The number of rotatable bonds is 6. The van der Waals surface area contributed by atoms with Gasteiger partial charge in [-0.2, -0.15) is 5.10 Å². The molecule has 1 saturated heterocycles. The highest BCUT2D eigenvalue weighted by Crippen LogP contribution is 2.28. The van der Waals surface area contributed by atoms with Gasteiger partial charge in [-0.1, -0.05) is 32.1 Å². The van der Waals surface area contributed by atoms with E-state index in [2.05, 4.69) is 34.2 Å². The topological polar surface area (TPSA) is 58.2 Å². The summed E-state index contributed by atoms with van der Waals surface area (Å²) in [5.74, 6) is 0. The Balaban J connectivity index is 0.00000109. The fraction of sp³-hybridized carbons (Fsp3) is 0.600. The molecule has 1 atom stereocenters. The van der Waals surface area contributed by atoms with Crippen LogP contribution in [0.25, 0.3) is 5.57 Å². The number of likely N-dealkylation sites (tertiary alicyclic amines) is 1. The standard InChI is InChI=1S/C18H25N3O2.C2H6/c1-18(23-14-4-13-21-11-2-3-12-21)9-7-15(8-10-18)16-5-6-17(22)20-19-16;1-2/h5-9H,2-4,10-14H2,1H3,(H,20,22);1-2H3. The van der Waals surface area contributed by atoms with Crippen molar-refractivity contribution >= 4 is 5.57 Å². The summed E-state index contributed by atoms with van der Waals surface area (Å²) in [5, 5.41) is 6.54. The maximum absolute atomic E-state index is 11.1. The van der Waals surface area contributed by atoms with Crippen molar-refractivity contribution in [2.75, 3.05) is 26.2 Å². The molecule has 1 N–H and O–H groups in total. The molecule has 1 aromatic rings. The van der Waals surface area contributed by atoms with Gasteiger partial charge in [0.1, 0.15) is 0 Å². The van der Waals surface area contributed by atoms with Crippen LogP contribution in [0.4, 0.5) is 0 Å². The largest absolute Gasteiger partial charge is 0.371 e. The van der Waals surface area contributed by atoms with E-state index in [4.69, 9.17) is 4.74 Å². The van der Waals surface area contributed by atoms with Crippen molar-refractivity contribution in [3.05, 3.63) is 46.4 Å². The normalized spacial score (nSPS) is 23.1. The molecule has 5 nitrogen and oxygen atoms in total. The Morgan fingerprint density at radius 3 is 2.64 bits per heavy atom. The number of hydrogen-bond donors (Lipinski definition) is 1. The fourth-order valence-corrected chi connectivity index (χ4v) is 3.12. The van der Waals surface area contributed by atoms with Crippen molar-refractivity contribution < 1.29 is 4.74 Å². The van der Waals surface area contributed by atoms with Gasteiger partial charge in [0, 0.05) is 19.2 Å². The van der Waals surface area contributed by atoms with E-state index in [1.165, 1.54) is 32.0 Å². The van der Waals surface area contributed by atoms with E-state index < -0.39 is 0 Å². The van der Waals surface area contributed by atoms with Gasteiger partial charge < -0.3 is 9.64 Å². The molecular weight excluding hydrogens is 314 g/mol. The Labute approximate surface area is 150 Å². The molecule has 0 amide bonds. The van der Waals surface area contributed by atoms with Crippen molar-refractivity contribution in [2.45, 2.75) is 52.1 Å². The van der Waals surface area contributed by atoms with Crippen LogP contribution in [0.15, 0.2) is 35.2 Å². The molecule has 2 heterocycles. The van der Waals surface area contributed by atoms with E-state index in [1.807, 2.05) is 19.9 Å². The molecule has 2 aliphatic rings. The zero-order valence-corrected chi connectivity index (χ0v) is 15.8. The summed E-state index contributed by atoms with van der Waals surface area (Å²) in [7, 11) is 0. The molecule has 0 aromatic carbocycles. The number of aromatic amines is 1. The molecule has 1 unspecified atom stereocenters. The predicted molar refractivity (Wildman–Crippen MR) is 103 cm³/mol. The van der Waals surface area contributed by atoms with E-state index in [9.17, 15) is 4.79 Å². The van der Waals surface area contributed by atoms with Crippen molar-refractivity contribution in [3.63, 3.8) is 0 Å². The van der Waals surface area contributed by atoms with E-state index in [0.29, 0.717) is 0 Å². The number of allylic oxidation sites excluding steroid dienone is 2. The Bertz CT molecular complexity index is 624. The lowest BCUT2D eigenvalue weighted by Crippen LogP contribution is -2.29. The molecular formula is C20H31N3O2. The monoisotopic (exact) mass is 345 g/mol. The molecule has 0 bridgehead atoms. The van der Waals surface area contributed by atoms with Gasteiger partial charge in [0.2, 0.25) is 0 Å². The minimum Gasteiger partial charge on any atom is -0.371 e. The molecule has 1 fully saturated rings. The number of hydrogen-bond acceptors (Lipinski definition) is 4. The minimum absolute atomic E-state index is 0.180. The van der Waals surface area contributed by atoms with E-state index >= 15 is 0 Å². The number of ether oxygens (including phenoxy) is 1. The van der Waals surface area contributed by atoms with Crippen molar-refractivity contribution in [3.8, 4) is 0 Å². The second kappa shape index (κ2) is 9.68. The van der Waals surface area contributed by atoms with Crippen LogP contribution in [0.1, 0.15) is 52.1 Å². The number of nitrogens with zero attached hydrogens (tertiary/aromatic N) is 2. The van der Waals surface area contributed by atoms with Crippen LogP contribution in [-0.2, 0) is 4.74 Å². The first-order chi connectivity index (χ1) is 12.1. The van der Waals surface area contributed by atoms with Crippen LogP contribution in [0.5, 0.6) is 0 Å². The summed E-state index contributed by atoms with van der Waals surface area (Å²) < 4.78 is 6.10. The van der Waals surface area contributed by atoms with E-state index in [1.54, 1.807) is 6.07 Å². The minimum atomic E-state index is -0.239. The molecule has 5 heteroatoms. The molecule has 0 saturated carbocycles. The fourth-order valence-electron chi connectivity index (χ4n) is 3.12. The average molecular weight is 345 g/mol. The second-order valence-electron chi connectivity index (χ2n) is 6.57. The van der Waals surface area contributed by atoms with Gasteiger partial charge in [0.25, 0.3) is 5.56 Å². The zero-order chi connectivity index (χ0) is 18.1. The Morgan fingerprint density at radius 1 is 1.28 bits per heavy atom. The zero-order valence-electron chi connectivity index (χ0n) is 15.8. The van der Waals surface area contributed by atoms with Gasteiger partial charge in [0.15, 0.2) is 0 Å². The quantitative estimate of drug-likeness (QED) is 0.803. The number of H-pyrrole nitrogens is 1. The Morgan fingerprint density at radius 2 is 2.04 bits per heavy atom. The molecule has 0 spiro atoms. The highest BCUT2D eigenvalue weighted by atomic mass is 16.5. The average Bonchev–Trinajstić information content (AvgIpc) is 3.16. The lowest BCUT2D eigenvalue weighted by atomic mass is 9.92. The van der Waals surface area contributed by atoms with Gasteiger partial charge in [-0.3, -0.25) is 4.79 Å². The molecule has 3 rings (SSSR count). The highest BCUT2D eigenvalue weighted by molar-refractivity contribution is 5.72. The maximum atomic E-state index is 11.1.